The van der Waals surface area contributed by atoms with Gasteiger partial charge in [-0.15, -0.1) is 0 Å². The number of rotatable bonds is 13. The largest absolute Gasteiger partial charge is 0.369 e. The Morgan fingerprint density at radius 2 is 1.85 bits per heavy atom. The van der Waals surface area contributed by atoms with Gasteiger partial charge in [-0.1, -0.05) is 93.7 Å². The fourth-order valence-electron chi connectivity index (χ4n) is 4.88. The zero-order chi connectivity index (χ0) is 24.4. The van der Waals surface area contributed by atoms with Crippen molar-refractivity contribution in [1.82, 2.24) is 10.2 Å². The molecule has 6 heteroatoms. The highest BCUT2D eigenvalue weighted by Gasteiger charge is 2.46. The maximum atomic E-state index is 13.3. The molecule has 1 unspecified atom stereocenters. The number of amides is 2. The van der Waals surface area contributed by atoms with E-state index < -0.39 is 5.54 Å². The molecule has 0 fully saturated rings. The summed E-state index contributed by atoms with van der Waals surface area (Å²) < 4.78 is 0. The molecule has 34 heavy (non-hydrogen) atoms. The van der Waals surface area contributed by atoms with Crippen molar-refractivity contribution in [3.63, 3.8) is 0 Å². The van der Waals surface area contributed by atoms with E-state index in [1.807, 2.05) is 36.4 Å². The predicted octanol–water partition coefficient (Wildman–Crippen LogP) is 4.83. The number of benzene rings is 1. The van der Waals surface area contributed by atoms with Crippen molar-refractivity contribution >= 4 is 17.8 Å². The summed E-state index contributed by atoms with van der Waals surface area (Å²) >= 11 is 0. The Morgan fingerprint density at radius 1 is 1.15 bits per heavy atom. The van der Waals surface area contributed by atoms with Gasteiger partial charge in [-0.2, -0.15) is 0 Å². The third-order valence-electron chi connectivity index (χ3n) is 6.81. The van der Waals surface area contributed by atoms with Gasteiger partial charge in [-0.25, -0.2) is 4.99 Å². The Bertz CT molecular complexity index is 912. The van der Waals surface area contributed by atoms with Crippen LogP contribution >= 0.6 is 0 Å². The van der Waals surface area contributed by atoms with E-state index in [0.29, 0.717) is 25.5 Å². The SMILES string of the molecule is CCCCC1(CCCC)N=C(N)N(CCCNC(=O)C(C2=CC=CCC2)c2ccccc2)C1=O. The highest BCUT2D eigenvalue weighted by molar-refractivity contribution is 6.06. The molecule has 1 atom stereocenters. The zero-order valence-corrected chi connectivity index (χ0v) is 20.8. The van der Waals surface area contributed by atoms with Crippen LogP contribution in [0.3, 0.4) is 0 Å². The van der Waals surface area contributed by atoms with Crippen LogP contribution in [0, 0.1) is 0 Å². The molecule has 1 heterocycles. The molecule has 2 amide bonds. The molecule has 6 nitrogen and oxygen atoms in total. The number of guanidine groups is 1. The van der Waals surface area contributed by atoms with Crippen molar-refractivity contribution in [3.05, 3.63) is 59.7 Å². The molecule has 1 aliphatic carbocycles. The smallest absolute Gasteiger partial charge is 0.257 e. The number of aliphatic imine (C=N–C) groups is 1. The van der Waals surface area contributed by atoms with E-state index in [-0.39, 0.29) is 17.7 Å². The average molecular weight is 465 g/mol. The number of nitrogens with two attached hydrogens (primary N) is 1. The molecule has 0 aromatic heterocycles. The first-order valence-corrected chi connectivity index (χ1v) is 12.9. The number of nitrogens with one attached hydrogen (secondary N) is 1. The van der Waals surface area contributed by atoms with E-state index in [9.17, 15) is 9.59 Å². The van der Waals surface area contributed by atoms with Crippen LogP contribution in [0.15, 0.2) is 59.1 Å². The summed E-state index contributed by atoms with van der Waals surface area (Å²) in [6.07, 6.45) is 14.2. The molecule has 0 spiro atoms. The van der Waals surface area contributed by atoms with Gasteiger partial charge in [0.05, 0.1) is 5.92 Å². The number of unbranched alkanes of at least 4 members (excludes halogenated alkanes) is 2. The van der Waals surface area contributed by atoms with Gasteiger partial charge in [0.2, 0.25) is 5.91 Å². The lowest BCUT2D eigenvalue weighted by Crippen LogP contribution is -2.45. The number of hydrogen-bond donors (Lipinski definition) is 2. The summed E-state index contributed by atoms with van der Waals surface area (Å²) in [5, 5.41) is 3.10. The van der Waals surface area contributed by atoms with Gasteiger partial charge < -0.3 is 11.1 Å². The Balaban J connectivity index is 1.59. The van der Waals surface area contributed by atoms with E-state index in [2.05, 4.69) is 36.3 Å². The van der Waals surface area contributed by atoms with Crippen LogP contribution in [0.2, 0.25) is 0 Å². The van der Waals surface area contributed by atoms with Crippen LogP contribution in [0.4, 0.5) is 0 Å². The molecule has 0 saturated heterocycles. The first kappa shape index (κ1) is 25.7. The van der Waals surface area contributed by atoms with Gasteiger partial charge in [0.15, 0.2) is 5.96 Å². The average Bonchev–Trinajstić information content (AvgIpc) is 3.09. The van der Waals surface area contributed by atoms with Crippen LogP contribution < -0.4 is 11.1 Å². The van der Waals surface area contributed by atoms with Crippen molar-refractivity contribution in [2.24, 2.45) is 10.7 Å². The molecule has 2 aliphatic rings. The number of nitrogens with zero attached hydrogens (tertiary/aromatic N) is 2. The van der Waals surface area contributed by atoms with Crippen molar-refractivity contribution in [2.45, 2.75) is 83.1 Å². The van der Waals surface area contributed by atoms with Gasteiger partial charge in [-0.05, 0) is 37.7 Å². The second-order valence-electron chi connectivity index (χ2n) is 9.36. The lowest BCUT2D eigenvalue weighted by atomic mass is 9.85. The quantitative estimate of drug-likeness (QED) is 0.410. The van der Waals surface area contributed by atoms with Crippen molar-refractivity contribution in [2.75, 3.05) is 13.1 Å². The predicted molar refractivity (Wildman–Crippen MR) is 138 cm³/mol. The minimum atomic E-state index is -0.696. The molecule has 0 radical (unpaired) electrons. The van der Waals surface area contributed by atoms with Crippen molar-refractivity contribution in [3.8, 4) is 0 Å². The van der Waals surface area contributed by atoms with E-state index in [1.54, 1.807) is 4.90 Å². The first-order chi connectivity index (χ1) is 16.5. The number of allylic oxidation sites excluding steroid dienone is 3. The molecule has 0 bridgehead atoms. The Kier molecular flexibility index (Phi) is 9.49. The third-order valence-corrected chi connectivity index (χ3v) is 6.81. The van der Waals surface area contributed by atoms with Gasteiger partial charge in [-0.3, -0.25) is 14.5 Å². The van der Waals surface area contributed by atoms with Crippen LogP contribution in [0.25, 0.3) is 0 Å². The highest BCUT2D eigenvalue weighted by Crippen LogP contribution is 2.33. The van der Waals surface area contributed by atoms with Crippen LogP contribution in [-0.2, 0) is 9.59 Å². The second-order valence-corrected chi connectivity index (χ2v) is 9.36. The number of carbonyl (C=O) groups is 2. The van der Waals surface area contributed by atoms with E-state index in [0.717, 1.165) is 62.5 Å². The number of hydrogen-bond acceptors (Lipinski definition) is 4. The molecule has 1 aliphatic heterocycles. The molecule has 1 aromatic rings. The molecule has 3 N–H and O–H groups in total. The summed E-state index contributed by atoms with van der Waals surface area (Å²) in [4.78, 5) is 32.8. The first-order valence-electron chi connectivity index (χ1n) is 12.9. The summed E-state index contributed by atoms with van der Waals surface area (Å²) in [6, 6.07) is 9.93. The topological polar surface area (TPSA) is 87.8 Å². The van der Waals surface area contributed by atoms with E-state index >= 15 is 0 Å². The maximum Gasteiger partial charge on any atom is 0.257 e. The molecular weight excluding hydrogens is 424 g/mol. The van der Waals surface area contributed by atoms with Crippen molar-refractivity contribution in [1.29, 1.82) is 0 Å². The summed E-state index contributed by atoms with van der Waals surface area (Å²) in [5.74, 6) is 0.0636. The molecule has 184 valence electrons. The minimum Gasteiger partial charge on any atom is -0.369 e. The zero-order valence-electron chi connectivity index (χ0n) is 20.8. The van der Waals surface area contributed by atoms with E-state index in [4.69, 9.17) is 5.73 Å². The summed E-state index contributed by atoms with van der Waals surface area (Å²) in [5.41, 5.74) is 7.65. The number of carbonyl (C=O) groups excluding carboxylic acids is 2. The molecule has 3 rings (SSSR count). The fraction of sp³-hybridized carbons (Fsp3) is 0.536. The Labute approximate surface area is 204 Å². The van der Waals surface area contributed by atoms with Crippen LogP contribution in [-0.4, -0.2) is 41.3 Å². The van der Waals surface area contributed by atoms with Gasteiger partial charge >= 0.3 is 0 Å². The Morgan fingerprint density at radius 3 is 2.47 bits per heavy atom. The lowest BCUT2D eigenvalue weighted by molar-refractivity contribution is -0.131. The monoisotopic (exact) mass is 464 g/mol. The van der Waals surface area contributed by atoms with Crippen molar-refractivity contribution < 1.29 is 9.59 Å². The van der Waals surface area contributed by atoms with Crippen LogP contribution in [0.1, 0.15) is 83.1 Å². The summed E-state index contributed by atoms with van der Waals surface area (Å²) in [7, 11) is 0. The normalized spacial score (nSPS) is 17.9. The lowest BCUT2D eigenvalue weighted by Gasteiger charge is -2.26. The molecule has 1 aromatic carbocycles. The maximum absolute atomic E-state index is 13.3. The Hall–Kier alpha value is -2.89. The standard InChI is InChI=1S/C28H40N4O2/c1-3-5-18-28(19-6-4-2)26(34)32(27(29)31-28)21-13-20-30-25(33)24(22-14-9-7-10-15-22)23-16-11-8-12-17-23/h7-11,14-16,24H,3-6,12-13,17-21H2,1-2H3,(H2,29,31)(H,30,33). The molecular formula is C28H40N4O2. The van der Waals surface area contributed by atoms with Gasteiger partial charge in [0.1, 0.15) is 5.54 Å². The fourth-order valence-corrected chi connectivity index (χ4v) is 4.88. The summed E-state index contributed by atoms with van der Waals surface area (Å²) in [6.45, 7) is 5.21. The van der Waals surface area contributed by atoms with Gasteiger partial charge in [0.25, 0.3) is 5.91 Å². The van der Waals surface area contributed by atoms with Gasteiger partial charge in [0, 0.05) is 13.1 Å². The highest BCUT2D eigenvalue weighted by atomic mass is 16.2. The molecule has 0 saturated carbocycles. The van der Waals surface area contributed by atoms with E-state index in [1.165, 1.54) is 0 Å². The third kappa shape index (κ3) is 6.16. The second kappa shape index (κ2) is 12.5. The minimum absolute atomic E-state index is 0.00220. The van der Waals surface area contributed by atoms with Crippen LogP contribution in [0.5, 0.6) is 0 Å².